The molecule has 0 aliphatic heterocycles. The van der Waals surface area contributed by atoms with Gasteiger partial charge in [-0.1, -0.05) is 55.8 Å². The van der Waals surface area contributed by atoms with Crippen LogP contribution in [0.1, 0.15) is 31.7 Å². The van der Waals surface area contributed by atoms with E-state index in [4.69, 9.17) is 16.3 Å². The molecule has 0 heterocycles. The molecule has 0 aliphatic rings. The number of benzene rings is 3. The Morgan fingerprint density at radius 2 is 1.71 bits per heavy atom. The molecule has 0 aliphatic carbocycles. The molecule has 0 saturated carbocycles. The Morgan fingerprint density at radius 3 is 2.35 bits per heavy atom. The van der Waals surface area contributed by atoms with Gasteiger partial charge in [0.25, 0.3) is 0 Å². The van der Waals surface area contributed by atoms with Crippen molar-refractivity contribution in [1.29, 1.82) is 5.41 Å². The van der Waals surface area contributed by atoms with Gasteiger partial charge in [0.2, 0.25) is 15.9 Å². The molecule has 7 N–H and O–H groups in total. The molecular weight excluding hydrogens is 450 g/mol. The number of sulfonamides is 1. The van der Waals surface area contributed by atoms with Gasteiger partial charge in [-0.05, 0) is 42.3 Å². The Hall–Kier alpha value is -3.69. The van der Waals surface area contributed by atoms with Crippen molar-refractivity contribution in [2.45, 2.75) is 37.1 Å². The van der Waals surface area contributed by atoms with Crippen molar-refractivity contribution < 1.29 is 13.2 Å². The molecular formula is C25H29N5O3S. The van der Waals surface area contributed by atoms with Crippen molar-refractivity contribution in [3.05, 3.63) is 78.4 Å². The number of hydrogen-bond donors (Lipinski definition) is 5. The zero-order valence-corrected chi connectivity index (χ0v) is 19.7. The van der Waals surface area contributed by atoms with Gasteiger partial charge in [0.1, 0.15) is 5.84 Å². The van der Waals surface area contributed by atoms with Crippen LogP contribution >= 0.6 is 0 Å². The third-order valence-electron chi connectivity index (χ3n) is 5.29. The molecule has 0 radical (unpaired) electrons. The summed E-state index contributed by atoms with van der Waals surface area (Å²) in [7, 11) is -3.86. The van der Waals surface area contributed by atoms with E-state index in [2.05, 4.69) is 17.6 Å². The highest BCUT2D eigenvalue weighted by atomic mass is 32.2. The van der Waals surface area contributed by atoms with E-state index in [0.29, 0.717) is 22.4 Å². The largest absolute Gasteiger partial charge is 0.384 e. The average molecular weight is 480 g/mol. The van der Waals surface area contributed by atoms with E-state index < -0.39 is 10.0 Å². The lowest BCUT2D eigenvalue weighted by atomic mass is 10.0. The number of nitrogens with one attached hydrogen (secondary N) is 3. The van der Waals surface area contributed by atoms with E-state index in [1.165, 1.54) is 6.07 Å². The van der Waals surface area contributed by atoms with Crippen molar-refractivity contribution in [1.82, 2.24) is 0 Å². The number of hydrogen-bond acceptors (Lipinski definition) is 5. The predicted molar refractivity (Wildman–Crippen MR) is 136 cm³/mol. The van der Waals surface area contributed by atoms with Crippen molar-refractivity contribution in [2.75, 3.05) is 10.6 Å². The molecule has 3 rings (SSSR count). The number of carbonyl (C=O) groups excluding carboxylic acids is 1. The van der Waals surface area contributed by atoms with E-state index in [-0.39, 0.29) is 29.1 Å². The van der Waals surface area contributed by atoms with Crippen LogP contribution in [0.15, 0.2) is 77.7 Å². The molecule has 0 bridgehead atoms. The first-order chi connectivity index (χ1) is 16.2. The lowest BCUT2D eigenvalue weighted by Gasteiger charge is -2.19. The van der Waals surface area contributed by atoms with Crippen molar-refractivity contribution >= 4 is 33.1 Å². The van der Waals surface area contributed by atoms with Crippen LogP contribution < -0.4 is 21.5 Å². The minimum atomic E-state index is -3.86. The minimum absolute atomic E-state index is 0.0106. The fraction of sp³-hybridized carbons (Fsp3) is 0.200. The maximum Gasteiger partial charge on any atom is 0.238 e. The van der Waals surface area contributed by atoms with Gasteiger partial charge >= 0.3 is 0 Å². The van der Waals surface area contributed by atoms with Crippen LogP contribution in [0.3, 0.4) is 0 Å². The van der Waals surface area contributed by atoms with Crippen LogP contribution in [-0.4, -0.2) is 26.2 Å². The SMILES string of the molecule is CCC[C@@H](CC(=O)Nc1ccc(-c2ccccc2S(N)(=O)=O)cc1)Nc1cccc(C(=N)N)c1. The van der Waals surface area contributed by atoms with E-state index in [1.54, 1.807) is 54.6 Å². The summed E-state index contributed by atoms with van der Waals surface area (Å²) >= 11 is 0. The summed E-state index contributed by atoms with van der Waals surface area (Å²) in [6.07, 6.45) is 1.95. The molecule has 1 amide bonds. The Morgan fingerprint density at radius 1 is 1.00 bits per heavy atom. The molecule has 178 valence electrons. The highest BCUT2D eigenvalue weighted by Crippen LogP contribution is 2.27. The highest BCUT2D eigenvalue weighted by Gasteiger charge is 2.16. The van der Waals surface area contributed by atoms with Crippen LogP contribution in [0.5, 0.6) is 0 Å². The lowest BCUT2D eigenvalue weighted by molar-refractivity contribution is -0.116. The number of carbonyl (C=O) groups is 1. The highest BCUT2D eigenvalue weighted by molar-refractivity contribution is 7.89. The fourth-order valence-corrected chi connectivity index (χ4v) is 4.47. The van der Waals surface area contributed by atoms with Gasteiger partial charge in [-0.25, -0.2) is 13.6 Å². The number of rotatable bonds is 10. The third kappa shape index (κ3) is 6.66. The maximum atomic E-state index is 12.7. The number of primary sulfonamides is 1. The number of anilines is 2. The molecule has 34 heavy (non-hydrogen) atoms. The molecule has 0 aromatic heterocycles. The summed E-state index contributed by atoms with van der Waals surface area (Å²) in [6, 6.07) is 20.6. The van der Waals surface area contributed by atoms with Crippen molar-refractivity contribution in [3.8, 4) is 11.1 Å². The second-order valence-electron chi connectivity index (χ2n) is 8.00. The number of amides is 1. The smallest absolute Gasteiger partial charge is 0.238 e. The topological polar surface area (TPSA) is 151 Å². The Kier molecular flexibility index (Phi) is 8.04. The number of nitrogens with two attached hydrogens (primary N) is 2. The zero-order chi connectivity index (χ0) is 24.7. The monoisotopic (exact) mass is 479 g/mol. The Bertz CT molecular complexity index is 1270. The quantitative estimate of drug-likeness (QED) is 0.221. The van der Waals surface area contributed by atoms with E-state index >= 15 is 0 Å². The van der Waals surface area contributed by atoms with Crippen LogP contribution in [-0.2, 0) is 14.8 Å². The second kappa shape index (κ2) is 11.0. The summed E-state index contributed by atoms with van der Waals surface area (Å²) in [6.45, 7) is 2.05. The second-order valence-corrected chi connectivity index (χ2v) is 9.53. The maximum absolute atomic E-state index is 12.7. The average Bonchev–Trinajstić information content (AvgIpc) is 2.79. The van der Waals surface area contributed by atoms with E-state index in [0.717, 1.165) is 18.5 Å². The summed E-state index contributed by atoms with van der Waals surface area (Å²) in [5, 5.41) is 19.2. The lowest BCUT2D eigenvalue weighted by Crippen LogP contribution is -2.26. The van der Waals surface area contributed by atoms with Crippen LogP contribution in [0.25, 0.3) is 11.1 Å². The first kappa shape index (κ1) is 24.9. The summed E-state index contributed by atoms with van der Waals surface area (Å²) in [5.41, 5.74) is 8.78. The number of nitrogen functional groups attached to an aromatic ring is 1. The van der Waals surface area contributed by atoms with Gasteiger partial charge in [-0.15, -0.1) is 0 Å². The van der Waals surface area contributed by atoms with Crippen molar-refractivity contribution in [2.24, 2.45) is 10.9 Å². The number of amidine groups is 1. The summed E-state index contributed by atoms with van der Waals surface area (Å²) < 4.78 is 23.8. The molecule has 0 saturated heterocycles. The van der Waals surface area contributed by atoms with Gasteiger partial charge in [-0.2, -0.15) is 0 Å². The van der Waals surface area contributed by atoms with Gasteiger partial charge in [0, 0.05) is 35.0 Å². The molecule has 3 aromatic carbocycles. The molecule has 3 aromatic rings. The molecule has 9 heteroatoms. The first-order valence-electron chi connectivity index (χ1n) is 10.9. The van der Waals surface area contributed by atoms with E-state index in [1.807, 2.05) is 12.1 Å². The molecule has 8 nitrogen and oxygen atoms in total. The molecule has 0 fully saturated rings. The van der Waals surface area contributed by atoms with Gasteiger partial charge in [0.05, 0.1) is 4.90 Å². The van der Waals surface area contributed by atoms with E-state index in [9.17, 15) is 13.2 Å². The summed E-state index contributed by atoms with van der Waals surface area (Å²) in [5.74, 6) is -0.157. The first-order valence-corrected chi connectivity index (χ1v) is 12.4. The Balaban J connectivity index is 1.68. The molecule has 0 unspecified atom stereocenters. The predicted octanol–water partition coefficient (Wildman–Crippen LogP) is 3.89. The van der Waals surface area contributed by atoms with Crippen LogP contribution in [0, 0.1) is 5.41 Å². The van der Waals surface area contributed by atoms with Crippen molar-refractivity contribution in [3.63, 3.8) is 0 Å². The zero-order valence-electron chi connectivity index (χ0n) is 18.9. The fourth-order valence-electron chi connectivity index (χ4n) is 3.71. The minimum Gasteiger partial charge on any atom is -0.384 e. The van der Waals surface area contributed by atoms with Gasteiger partial charge < -0.3 is 16.4 Å². The molecule has 0 spiro atoms. The third-order valence-corrected chi connectivity index (χ3v) is 6.26. The Labute approximate surface area is 199 Å². The van der Waals surface area contributed by atoms with Gasteiger partial charge in [0.15, 0.2) is 0 Å². The van der Waals surface area contributed by atoms with Gasteiger partial charge in [-0.3, -0.25) is 10.2 Å². The normalized spacial score (nSPS) is 12.1. The standard InChI is InChI=1S/C25H29N5O3S/c1-2-6-20(29-21-8-5-7-18(15-21)25(26)27)16-24(31)30-19-13-11-17(12-14-19)22-9-3-4-10-23(22)34(28,32)33/h3-5,7-15,20,29H,2,6,16H2,1H3,(H3,26,27)(H,30,31)(H2,28,32,33)/t20-/m0/s1. The van der Waals surface area contributed by atoms with Crippen LogP contribution in [0.2, 0.25) is 0 Å². The summed E-state index contributed by atoms with van der Waals surface area (Å²) in [4.78, 5) is 12.8. The van der Waals surface area contributed by atoms with Crippen LogP contribution in [0.4, 0.5) is 11.4 Å². The molecule has 1 atom stereocenters.